The maximum Gasteiger partial charge on any atom is 0.408 e. The molecule has 0 fully saturated rings. The van der Waals surface area contributed by atoms with Crippen LogP contribution >= 0.6 is 11.9 Å². The average Bonchev–Trinajstić information content (AvgIpc) is 2.24. The SMILES string of the molecule is CCN(CSNc1cccc(C)n1)C(=O)O. The van der Waals surface area contributed by atoms with Gasteiger partial charge in [-0.2, -0.15) is 0 Å². The van der Waals surface area contributed by atoms with Crippen LogP contribution in [0.15, 0.2) is 18.2 Å². The minimum Gasteiger partial charge on any atom is -0.465 e. The monoisotopic (exact) mass is 241 g/mol. The Balaban J connectivity index is 2.38. The standard InChI is InChI=1S/C10H15N3O2S/c1-3-13(10(14)15)7-16-12-9-6-4-5-8(2)11-9/h4-6H,3,7H2,1-2H3,(H,11,12)(H,14,15). The van der Waals surface area contributed by atoms with Crippen molar-refractivity contribution in [3.63, 3.8) is 0 Å². The zero-order valence-corrected chi connectivity index (χ0v) is 10.1. The van der Waals surface area contributed by atoms with Gasteiger partial charge in [0.25, 0.3) is 0 Å². The third-order valence-electron chi connectivity index (χ3n) is 1.94. The maximum absolute atomic E-state index is 10.7. The first-order valence-corrected chi connectivity index (χ1v) is 5.91. The van der Waals surface area contributed by atoms with Gasteiger partial charge in [-0.25, -0.2) is 9.78 Å². The number of carboxylic acid groups (broad SMARTS) is 1. The molecule has 6 heteroatoms. The summed E-state index contributed by atoms with van der Waals surface area (Å²) in [5, 5.41) is 8.78. The molecule has 0 saturated carbocycles. The van der Waals surface area contributed by atoms with Gasteiger partial charge in [0.15, 0.2) is 0 Å². The fourth-order valence-corrected chi connectivity index (χ4v) is 1.84. The summed E-state index contributed by atoms with van der Waals surface area (Å²) >= 11 is 1.31. The smallest absolute Gasteiger partial charge is 0.408 e. The van der Waals surface area contributed by atoms with Crippen molar-refractivity contribution in [2.45, 2.75) is 13.8 Å². The largest absolute Gasteiger partial charge is 0.465 e. The summed E-state index contributed by atoms with van der Waals surface area (Å²) in [4.78, 5) is 16.3. The van der Waals surface area contributed by atoms with Crippen LogP contribution in [-0.4, -0.2) is 33.5 Å². The second-order valence-electron chi connectivity index (χ2n) is 3.18. The molecule has 88 valence electrons. The van der Waals surface area contributed by atoms with Crippen molar-refractivity contribution in [1.29, 1.82) is 0 Å². The average molecular weight is 241 g/mol. The van der Waals surface area contributed by atoms with Gasteiger partial charge in [0.2, 0.25) is 0 Å². The van der Waals surface area contributed by atoms with Crippen molar-refractivity contribution >= 4 is 23.9 Å². The Morgan fingerprint density at radius 3 is 2.94 bits per heavy atom. The lowest BCUT2D eigenvalue weighted by molar-refractivity contribution is 0.156. The summed E-state index contributed by atoms with van der Waals surface area (Å²) in [5.74, 6) is 1.12. The van der Waals surface area contributed by atoms with Gasteiger partial charge in [-0.05, 0) is 37.9 Å². The van der Waals surface area contributed by atoms with Gasteiger partial charge in [-0.3, -0.25) is 4.90 Å². The van der Waals surface area contributed by atoms with Crippen LogP contribution in [0.3, 0.4) is 0 Å². The molecule has 1 rings (SSSR count). The lowest BCUT2D eigenvalue weighted by Gasteiger charge is -2.16. The van der Waals surface area contributed by atoms with E-state index in [1.165, 1.54) is 16.8 Å². The Kier molecular flexibility index (Phi) is 4.91. The molecular formula is C10H15N3O2S. The third-order valence-corrected chi connectivity index (χ3v) is 2.73. The number of pyridine rings is 1. The number of aryl methyl sites for hydroxylation is 1. The molecule has 1 amide bonds. The zero-order valence-electron chi connectivity index (χ0n) is 9.30. The van der Waals surface area contributed by atoms with E-state index in [1.807, 2.05) is 25.1 Å². The van der Waals surface area contributed by atoms with Crippen molar-refractivity contribution in [2.24, 2.45) is 0 Å². The van der Waals surface area contributed by atoms with Gasteiger partial charge < -0.3 is 9.83 Å². The molecule has 1 aromatic rings. The molecule has 1 aromatic heterocycles. The van der Waals surface area contributed by atoms with Crippen LogP contribution in [0.25, 0.3) is 0 Å². The van der Waals surface area contributed by atoms with Crippen LogP contribution in [-0.2, 0) is 0 Å². The molecule has 0 bridgehead atoms. The number of nitrogens with one attached hydrogen (secondary N) is 1. The van der Waals surface area contributed by atoms with Gasteiger partial charge in [-0.15, -0.1) is 0 Å². The molecule has 16 heavy (non-hydrogen) atoms. The number of amides is 1. The summed E-state index contributed by atoms with van der Waals surface area (Å²) in [6, 6.07) is 5.66. The fraction of sp³-hybridized carbons (Fsp3) is 0.400. The molecule has 1 heterocycles. The van der Waals surface area contributed by atoms with E-state index in [2.05, 4.69) is 9.71 Å². The van der Waals surface area contributed by atoms with Crippen molar-refractivity contribution in [3.8, 4) is 0 Å². The number of aromatic nitrogens is 1. The van der Waals surface area contributed by atoms with E-state index in [-0.39, 0.29) is 0 Å². The lowest BCUT2D eigenvalue weighted by Crippen LogP contribution is -2.29. The molecule has 0 spiro atoms. The number of hydrogen-bond donors (Lipinski definition) is 2. The summed E-state index contributed by atoms with van der Waals surface area (Å²) in [7, 11) is 0. The summed E-state index contributed by atoms with van der Waals surface area (Å²) in [5.41, 5.74) is 0.927. The van der Waals surface area contributed by atoms with Crippen LogP contribution in [0.2, 0.25) is 0 Å². The van der Waals surface area contributed by atoms with E-state index in [9.17, 15) is 4.79 Å². The van der Waals surface area contributed by atoms with E-state index in [0.29, 0.717) is 12.4 Å². The van der Waals surface area contributed by atoms with Crippen LogP contribution in [0.1, 0.15) is 12.6 Å². The Morgan fingerprint density at radius 1 is 1.62 bits per heavy atom. The highest BCUT2D eigenvalue weighted by molar-refractivity contribution is 8.00. The predicted octanol–water partition coefficient (Wildman–Crippen LogP) is 2.41. The van der Waals surface area contributed by atoms with Gasteiger partial charge in [0, 0.05) is 12.2 Å². The predicted molar refractivity (Wildman–Crippen MR) is 65.5 cm³/mol. The first kappa shape index (κ1) is 12.6. The topological polar surface area (TPSA) is 65.5 Å². The molecule has 2 N–H and O–H groups in total. The molecule has 0 radical (unpaired) electrons. The highest BCUT2D eigenvalue weighted by Crippen LogP contribution is 2.11. The van der Waals surface area contributed by atoms with E-state index in [0.717, 1.165) is 11.5 Å². The molecule has 0 aliphatic carbocycles. The molecule has 0 atom stereocenters. The number of carbonyl (C=O) groups is 1. The van der Waals surface area contributed by atoms with E-state index in [4.69, 9.17) is 5.11 Å². The first-order valence-electron chi connectivity index (χ1n) is 4.92. The Hall–Kier alpha value is -1.43. The normalized spacial score (nSPS) is 9.88. The van der Waals surface area contributed by atoms with E-state index in [1.54, 1.807) is 6.92 Å². The molecular weight excluding hydrogens is 226 g/mol. The molecule has 0 aliphatic rings. The Morgan fingerprint density at radius 2 is 2.38 bits per heavy atom. The van der Waals surface area contributed by atoms with E-state index < -0.39 is 6.09 Å². The Labute approximate surface area is 99.0 Å². The summed E-state index contributed by atoms with van der Waals surface area (Å²) in [6.07, 6.45) is -0.908. The van der Waals surface area contributed by atoms with Crippen molar-refractivity contribution in [2.75, 3.05) is 17.1 Å². The van der Waals surface area contributed by atoms with Gasteiger partial charge in [0.1, 0.15) is 5.82 Å². The fourth-order valence-electron chi connectivity index (χ4n) is 1.07. The molecule has 0 aliphatic heterocycles. The highest BCUT2D eigenvalue weighted by atomic mass is 32.2. The van der Waals surface area contributed by atoms with Gasteiger partial charge in [-0.1, -0.05) is 6.07 Å². The summed E-state index contributed by atoms with van der Waals surface area (Å²) < 4.78 is 3.01. The third kappa shape index (κ3) is 3.98. The second kappa shape index (κ2) is 6.22. The maximum atomic E-state index is 10.7. The van der Waals surface area contributed by atoms with Crippen LogP contribution < -0.4 is 4.72 Å². The van der Waals surface area contributed by atoms with Gasteiger partial charge >= 0.3 is 6.09 Å². The van der Waals surface area contributed by atoms with Crippen LogP contribution in [0, 0.1) is 6.92 Å². The van der Waals surface area contributed by atoms with Crippen molar-refractivity contribution < 1.29 is 9.90 Å². The molecule has 0 aromatic carbocycles. The number of nitrogens with zero attached hydrogens (tertiary/aromatic N) is 2. The highest BCUT2D eigenvalue weighted by Gasteiger charge is 2.08. The number of anilines is 1. The number of rotatable bonds is 5. The van der Waals surface area contributed by atoms with Crippen molar-refractivity contribution in [3.05, 3.63) is 23.9 Å². The van der Waals surface area contributed by atoms with Crippen LogP contribution in [0.4, 0.5) is 10.6 Å². The van der Waals surface area contributed by atoms with E-state index >= 15 is 0 Å². The van der Waals surface area contributed by atoms with Crippen LogP contribution in [0.5, 0.6) is 0 Å². The quantitative estimate of drug-likeness (QED) is 0.612. The minimum atomic E-state index is -0.908. The van der Waals surface area contributed by atoms with Gasteiger partial charge in [0.05, 0.1) is 5.88 Å². The van der Waals surface area contributed by atoms with Crippen molar-refractivity contribution in [1.82, 2.24) is 9.88 Å². The molecule has 0 saturated heterocycles. The first-order chi connectivity index (χ1) is 7.63. The zero-order chi connectivity index (χ0) is 12.0. The summed E-state index contributed by atoms with van der Waals surface area (Å²) in [6.45, 7) is 4.19. The molecule has 5 nitrogen and oxygen atoms in total. The second-order valence-corrected chi connectivity index (χ2v) is 3.93. The number of hydrogen-bond acceptors (Lipinski definition) is 4. The minimum absolute atomic E-state index is 0.376. The lowest BCUT2D eigenvalue weighted by atomic mass is 10.4. The molecule has 0 unspecified atom stereocenters. The Bertz CT molecular complexity index is 360.